The molecule has 0 radical (unpaired) electrons. The number of aromatic nitrogens is 2. The number of aliphatic hydroxyl groups excluding tert-OH is 1. The zero-order valence-electron chi connectivity index (χ0n) is 13.2. The number of nitrogens with zero attached hydrogens (tertiary/aromatic N) is 1. The first-order valence-corrected chi connectivity index (χ1v) is 9.30. The average Bonchev–Trinajstić information content (AvgIpc) is 2.91. The summed E-state index contributed by atoms with van der Waals surface area (Å²) in [5, 5.41) is 10.3. The monoisotopic (exact) mass is 488 g/mol. The summed E-state index contributed by atoms with van der Waals surface area (Å²) in [6.45, 7) is -0.188. The summed E-state index contributed by atoms with van der Waals surface area (Å²) >= 11 is 6.34. The number of alkyl halides is 1. The Morgan fingerprint density at radius 1 is 1.31 bits per heavy atom. The summed E-state index contributed by atoms with van der Waals surface area (Å²) < 4.78 is 12.2. The lowest BCUT2D eigenvalue weighted by molar-refractivity contribution is -0.0530. The van der Waals surface area contributed by atoms with E-state index in [-0.39, 0.29) is 11.1 Å². The third kappa shape index (κ3) is 3.83. The lowest BCUT2D eigenvalue weighted by atomic mass is 10.2. The van der Waals surface area contributed by atoms with Gasteiger partial charge in [0.1, 0.15) is 18.8 Å². The Kier molecular flexibility index (Phi) is 5.76. The molecule has 10 heteroatoms. The van der Waals surface area contributed by atoms with E-state index in [2.05, 4.69) is 36.8 Å². The van der Waals surface area contributed by atoms with Gasteiger partial charge in [0.15, 0.2) is 6.23 Å². The molecule has 1 aromatic carbocycles. The molecule has 2 heterocycles. The van der Waals surface area contributed by atoms with Crippen LogP contribution in [0, 0.1) is 0 Å². The standard InChI is InChI=1S/C16H14Br2N2O6/c17-9-6-20(16(24)19-13(9)22)14-11(18)12(21)10(26-14)7-25-15(23)8-4-2-1-3-5-8/h1-6,10-12,14,21H,7H2,(H,19,22,24)/t10-,11-,12+,14-/m0/s1. The van der Waals surface area contributed by atoms with Crippen LogP contribution in [-0.4, -0.2) is 44.3 Å². The largest absolute Gasteiger partial charge is 0.459 e. The Labute approximate surface area is 164 Å². The van der Waals surface area contributed by atoms with Gasteiger partial charge in [-0.05, 0) is 28.1 Å². The van der Waals surface area contributed by atoms with Crippen LogP contribution in [0.5, 0.6) is 0 Å². The van der Waals surface area contributed by atoms with Gasteiger partial charge in [0.2, 0.25) is 0 Å². The van der Waals surface area contributed by atoms with Crippen LogP contribution in [0.4, 0.5) is 0 Å². The van der Waals surface area contributed by atoms with Crippen molar-refractivity contribution >= 4 is 37.8 Å². The molecule has 0 saturated carbocycles. The number of ether oxygens (including phenoxy) is 2. The predicted octanol–water partition coefficient (Wildman–Crippen LogP) is 1.18. The second-order valence-electron chi connectivity index (χ2n) is 5.61. The minimum absolute atomic E-state index is 0.147. The van der Waals surface area contributed by atoms with Crippen LogP contribution >= 0.6 is 31.9 Å². The van der Waals surface area contributed by atoms with Crippen molar-refractivity contribution in [1.82, 2.24) is 9.55 Å². The Hall–Kier alpha value is -1.75. The van der Waals surface area contributed by atoms with Crippen molar-refractivity contribution in [3.05, 3.63) is 67.4 Å². The van der Waals surface area contributed by atoms with Gasteiger partial charge in [0.05, 0.1) is 14.9 Å². The van der Waals surface area contributed by atoms with E-state index in [0.717, 1.165) is 4.57 Å². The first kappa shape index (κ1) is 19.0. The fourth-order valence-corrected chi connectivity index (χ4v) is 3.57. The molecule has 1 aromatic heterocycles. The molecule has 4 atom stereocenters. The molecular weight excluding hydrogens is 476 g/mol. The van der Waals surface area contributed by atoms with Crippen molar-refractivity contribution in [2.75, 3.05) is 6.61 Å². The molecule has 2 aromatic rings. The summed E-state index contributed by atoms with van der Waals surface area (Å²) in [5.41, 5.74) is -0.862. The van der Waals surface area contributed by atoms with E-state index in [1.54, 1.807) is 30.3 Å². The Morgan fingerprint density at radius 2 is 2.00 bits per heavy atom. The number of benzene rings is 1. The highest BCUT2D eigenvalue weighted by molar-refractivity contribution is 9.10. The maximum atomic E-state index is 12.0. The molecule has 1 saturated heterocycles. The second-order valence-corrected chi connectivity index (χ2v) is 7.52. The van der Waals surface area contributed by atoms with Crippen LogP contribution in [0.1, 0.15) is 16.6 Å². The molecule has 0 amide bonds. The molecule has 8 nitrogen and oxygen atoms in total. The van der Waals surface area contributed by atoms with E-state index >= 15 is 0 Å². The maximum absolute atomic E-state index is 12.0. The lowest BCUT2D eigenvalue weighted by Crippen LogP contribution is -2.35. The van der Waals surface area contributed by atoms with E-state index < -0.39 is 40.5 Å². The zero-order chi connectivity index (χ0) is 18.8. The lowest BCUT2D eigenvalue weighted by Gasteiger charge is -2.17. The minimum Gasteiger partial charge on any atom is -0.459 e. The van der Waals surface area contributed by atoms with Crippen molar-refractivity contribution in [2.45, 2.75) is 23.3 Å². The van der Waals surface area contributed by atoms with Gasteiger partial charge in [-0.1, -0.05) is 34.1 Å². The molecule has 26 heavy (non-hydrogen) atoms. The molecule has 0 bridgehead atoms. The number of nitrogens with one attached hydrogen (secondary N) is 1. The zero-order valence-corrected chi connectivity index (χ0v) is 16.3. The first-order valence-electron chi connectivity index (χ1n) is 7.59. The third-order valence-corrected chi connectivity index (χ3v) is 5.44. The normalized spacial score (nSPS) is 25.2. The summed E-state index contributed by atoms with van der Waals surface area (Å²) in [7, 11) is 0. The maximum Gasteiger partial charge on any atom is 0.338 e. The van der Waals surface area contributed by atoms with Crippen molar-refractivity contribution in [3.8, 4) is 0 Å². The molecule has 0 unspecified atom stereocenters. The van der Waals surface area contributed by atoms with E-state index in [4.69, 9.17) is 9.47 Å². The molecule has 0 spiro atoms. The van der Waals surface area contributed by atoms with Gasteiger partial charge in [0, 0.05) is 6.20 Å². The van der Waals surface area contributed by atoms with Crippen LogP contribution in [0.15, 0.2) is 50.6 Å². The van der Waals surface area contributed by atoms with Gasteiger partial charge in [-0.3, -0.25) is 14.3 Å². The highest BCUT2D eigenvalue weighted by atomic mass is 79.9. The number of halogens is 2. The third-order valence-electron chi connectivity index (χ3n) is 3.88. The van der Waals surface area contributed by atoms with Crippen LogP contribution in [-0.2, 0) is 9.47 Å². The molecule has 1 fully saturated rings. The van der Waals surface area contributed by atoms with Crippen LogP contribution in [0.2, 0.25) is 0 Å². The molecule has 1 aliphatic rings. The highest BCUT2D eigenvalue weighted by Crippen LogP contribution is 2.34. The van der Waals surface area contributed by atoms with Gasteiger partial charge < -0.3 is 14.6 Å². The van der Waals surface area contributed by atoms with Crippen molar-refractivity contribution in [1.29, 1.82) is 0 Å². The fourth-order valence-electron chi connectivity index (χ4n) is 2.53. The van der Waals surface area contributed by atoms with Gasteiger partial charge >= 0.3 is 11.7 Å². The van der Waals surface area contributed by atoms with Crippen molar-refractivity contribution < 1.29 is 19.4 Å². The Morgan fingerprint density at radius 3 is 2.69 bits per heavy atom. The molecular formula is C16H14Br2N2O6. The topological polar surface area (TPSA) is 111 Å². The Bertz CT molecular complexity index is 913. The molecule has 2 N–H and O–H groups in total. The van der Waals surface area contributed by atoms with E-state index in [1.165, 1.54) is 6.20 Å². The quantitative estimate of drug-likeness (QED) is 0.492. The van der Waals surface area contributed by atoms with Crippen LogP contribution < -0.4 is 11.2 Å². The highest BCUT2D eigenvalue weighted by Gasteiger charge is 2.44. The second kappa shape index (κ2) is 7.87. The van der Waals surface area contributed by atoms with Gasteiger partial charge in [-0.15, -0.1) is 0 Å². The first-order chi connectivity index (χ1) is 12.4. The number of rotatable bonds is 4. The van der Waals surface area contributed by atoms with Crippen molar-refractivity contribution in [2.24, 2.45) is 0 Å². The predicted molar refractivity (Wildman–Crippen MR) is 98.4 cm³/mol. The summed E-state index contributed by atoms with van der Waals surface area (Å²) in [6.07, 6.45) is -1.47. The molecule has 1 aliphatic heterocycles. The number of carbonyl (C=O) groups is 1. The van der Waals surface area contributed by atoms with Crippen LogP contribution in [0.25, 0.3) is 0 Å². The number of esters is 1. The van der Waals surface area contributed by atoms with Gasteiger partial charge in [-0.25, -0.2) is 9.59 Å². The molecule has 3 rings (SSSR count). The summed E-state index contributed by atoms with van der Waals surface area (Å²) in [6, 6.07) is 8.43. The number of hydrogen-bond donors (Lipinski definition) is 2. The summed E-state index contributed by atoms with van der Waals surface area (Å²) in [4.78, 5) is 37.0. The van der Waals surface area contributed by atoms with Gasteiger partial charge in [0.25, 0.3) is 5.56 Å². The Balaban J connectivity index is 1.72. The SMILES string of the molecule is O=C(OC[C@@H]1O[C@H](n2cc(Br)c(=O)[nH]c2=O)[C@@H](Br)[C@@H]1O)c1ccccc1. The van der Waals surface area contributed by atoms with E-state index in [0.29, 0.717) is 5.56 Å². The smallest absolute Gasteiger partial charge is 0.338 e. The van der Waals surface area contributed by atoms with Crippen molar-refractivity contribution in [3.63, 3.8) is 0 Å². The minimum atomic E-state index is -1.03. The number of hydrogen-bond acceptors (Lipinski definition) is 6. The molecule has 138 valence electrons. The van der Waals surface area contributed by atoms with E-state index in [1.807, 2.05) is 0 Å². The summed E-state index contributed by atoms with van der Waals surface area (Å²) in [5.74, 6) is -0.542. The van der Waals surface area contributed by atoms with Crippen LogP contribution in [0.3, 0.4) is 0 Å². The number of carbonyl (C=O) groups excluding carboxylic acids is 1. The number of aromatic amines is 1. The number of H-pyrrole nitrogens is 1. The number of aliphatic hydroxyl groups is 1. The fraction of sp³-hybridized carbons (Fsp3) is 0.312. The molecule has 0 aliphatic carbocycles. The van der Waals surface area contributed by atoms with Gasteiger partial charge in [-0.2, -0.15) is 0 Å². The average molecular weight is 490 g/mol. The van der Waals surface area contributed by atoms with E-state index in [9.17, 15) is 19.5 Å².